The molecule has 3 N–H and O–H groups in total. The average Bonchev–Trinajstić information content (AvgIpc) is 2.90. The molecule has 2 heterocycles. The number of aryl methyl sites for hydroxylation is 1. The molecular formula is C10H11N5O2S. The predicted molar refractivity (Wildman–Crippen MR) is 66.2 cm³/mol. The summed E-state index contributed by atoms with van der Waals surface area (Å²) in [5.74, 6) is -0.609. The van der Waals surface area contributed by atoms with Gasteiger partial charge in [0.05, 0.1) is 23.8 Å². The van der Waals surface area contributed by atoms with E-state index in [0.717, 1.165) is 0 Å². The molecule has 2 aromatic heterocycles. The standard InChI is InChI=1S/C10H11N5O2S/c1-15-10(7(3-13-15)9(11)17)14-8(16)2-6-4-18-5-12-6/h3-5H,2H2,1H3,(H2,11,17)(H,14,16). The molecular weight excluding hydrogens is 254 g/mol. The number of carbonyl (C=O) groups is 2. The van der Waals surface area contributed by atoms with Gasteiger partial charge >= 0.3 is 0 Å². The van der Waals surface area contributed by atoms with E-state index in [-0.39, 0.29) is 17.9 Å². The van der Waals surface area contributed by atoms with E-state index in [4.69, 9.17) is 5.73 Å². The van der Waals surface area contributed by atoms with Crippen LogP contribution in [-0.2, 0) is 18.3 Å². The molecule has 0 atom stereocenters. The van der Waals surface area contributed by atoms with Crippen molar-refractivity contribution in [3.05, 3.63) is 28.3 Å². The van der Waals surface area contributed by atoms with Crippen molar-refractivity contribution in [1.29, 1.82) is 0 Å². The van der Waals surface area contributed by atoms with Crippen LogP contribution in [0.5, 0.6) is 0 Å². The monoisotopic (exact) mass is 265 g/mol. The quantitative estimate of drug-likeness (QED) is 0.821. The van der Waals surface area contributed by atoms with Crippen molar-refractivity contribution in [3.63, 3.8) is 0 Å². The largest absolute Gasteiger partial charge is 0.365 e. The van der Waals surface area contributed by atoms with Crippen LogP contribution in [0.3, 0.4) is 0 Å². The number of primary amides is 1. The molecule has 0 aromatic carbocycles. The van der Waals surface area contributed by atoms with E-state index in [2.05, 4.69) is 15.4 Å². The number of amides is 2. The second-order valence-electron chi connectivity index (χ2n) is 3.60. The van der Waals surface area contributed by atoms with E-state index in [9.17, 15) is 9.59 Å². The molecule has 0 aliphatic carbocycles. The van der Waals surface area contributed by atoms with Gasteiger partial charge in [0.2, 0.25) is 5.91 Å². The van der Waals surface area contributed by atoms with E-state index < -0.39 is 5.91 Å². The second-order valence-corrected chi connectivity index (χ2v) is 4.32. The Morgan fingerprint density at radius 3 is 2.94 bits per heavy atom. The number of nitrogens with one attached hydrogen (secondary N) is 1. The lowest BCUT2D eigenvalue weighted by atomic mass is 10.3. The minimum absolute atomic E-state index is 0.146. The fraction of sp³-hybridized carbons (Fsp3) is 0.200. The Kier molecular flexibility index (Phi) is 3.38. The van der Waals surface area contributed by atoms with Crippen LogP contribution in [0.4, 0.5) is 5.82 Å². The number of nitrogens with two attached hydrogens (primary N) is 1. The first-order valence-electron chi connectivity index (χ1n) is 5.06. The molecule has 0 unspecified atom stereocenters. The molecule has 7 nitrogen and oxygen atoms in total. The number of carbonyl (C=O) groups excluding carboxylic acids is 2. The molecule has 0 spiro atoms. The number of nitrogens with zero attached hydrogens (tertiary/aromatic N) is 3. The summed E-state index contributed by atoms with van der Waals surface area (Å²) >= 11 is 1.42. The average molecular weight is 265 g/mol. The van der Waals surface area contributed by atoms with Gasteiger partial charge in [0.15, 0.2) is 0 Å². The fourth-order valence-electron chi connectivity index (χ4n) is 1.43. The van der Waals surface area contributed by atoms with E-state index in [1.165, 1.54) is 22.2 Å². The highest BCUT2D eigenvalue weighted by molar-refractivity contribution is 7.07. The van der Waals surface area contributed by atoms with E-state index >= 15 is 0 Å². The molecule has 0 aliphatic rings. The molecule has 0 fully saturated rings. The predicted octanol–water partition coefficient (Wildman–Crippen LogP) is 0.157. The zero-order chi connectivity index (χ0) is 13.1. The van der Waals surface area contributed by atoms with Gasteiger partial charge in [-0.3, -0.25) is 14.3 Å². The maximum atomic E-state index is 11.8. The van der Waals surface area contributed by atoms with Crippen molar-refractivity contribution in [3.8, 4) is 0 Å². The number of hydrogen-bond acceptors (Lipinski definition) is 5. The first-order chi connectivity index (χ1) is 8.58. The van der Waals surface area contributed by atoms with Gasteiger partial charge in [-0.15, -0.1) is 11.3 Å². The lowest BCUT2D eigenvalue weighted by molar-refractivity contribution is -0.115. The Morgan fingerprint density at radius 2 is 2.33 bits per heavy atom. The number of thiazole rings is 1. The van der Waals surface area contributed by atoms with Crippen LogP contribution in [-0.4, -0.2) is 26.6 Å². The highest BCUT2D eigenvalue weighted by Crippen LogP contribution is 2.13. The summed E-state index contributed by atoms with van der Waals surface area (Å²) in [6, 6.07) is 0. The van der Waals surface area contributed by atoms with Crippen LogP contribution < -0.4 is 11.1 Å². The highest BCUT2D eigenvalue weighted by atomic mass is 32.1. The molecule has 0 aliphatic heterocycles. The van der Waals surface area contributed by atoms with Crippen molar-refractivity contribution in [2.45, 2.75) is 6.42 Å². The zero-order valence-corrected chi connectivity index (χ0v) is 10.4. The van der Waals surface area contributed by atoms with Gasteiger partial charge in [-0.25, -0.2) is 4.98 Å². The SMILES string of the molecule is Cn1ncc(C(N)=O)c1NC(=O)Cc1cscn1. The summed E-state index contributed by atoms with van der Waals surface area (Å²) in [7, 11) is 1.62. The Hall–Kier alpha value is -2.22. The van der Waals surface area contributed by atoms with Gasteiger partial charge in [0.1, 0.15) is 11.4 Å². The highest BCUT2D eigenvalue weighted by Gasteiger charge is 2.16. The van der Waals surface area contributed by atoms with Crippen LogP contribution in [0.25, 0.3) is 0 Å². The summed E-state index contributed by atoms with van der Waals surface area (Å²) in [4.78, 5) is 26.9. The molecule has 0 saturated carbocycles. The molecule has 94 valence electrons. The van der Waals surface area contributed by atoms with Gasteiger partial charge in [-0.1, -0.05) is 0 Å². The first-order valence-corrected chi connectivity index (χ1v) is 6.01. The van der Waals surface area contributed by atoms with E-state index in [1.807, 2.05) is 0 Å². The third-order valence-corrected chi connectivity index (χ3v) is 2.92. The first kappa shape index (κ1) is 12.2. The third kappa shape index (κ3) is 2.54. The van der Waals surface area contributed by atoms with Crippen molar-refractivity contribution >= 4 is 29.0 Å². The lowest BCUT2D eigenvalue weighted by Crippen LogP contribution is -2.20. The third-order valence-electron chi connectivity index (χ3n) is 2.29. The van der Waals surface area contributed by atoms with Gasteiger partial charge < -0.3 is 11.1 Å². The van der Waals surface area contributed by atoms with Crippen LogP contribution in [0.2, 0.25) is 0 Å². The Morgan fingerprint density at radius 1 is 1.56 bits per heavy atom. The zero-order valence-electron chi connectivity index (χ0n) is 9.58. The van der Waals surface area contributed by atoms with Gasteiger partial charge in [-0.05, 0) is 0 Å². The molecule has 8 heteroatoms. The number of hydrogen-bond donors (Lipinski definition) is 2. The normalized spacial score (nSPS) is 10.3. The summed E-state index contributed by atoms with van der Waals surface area (Å²) in [6.45, 7) is 0. The minimum Gasteiger partial charge on any atom is -0.365 e. The molecule has 2 rings (SSSR count). The van der Waals surface area contributed by atoms with Gasteiger partial charge in [-0.2, -0.15) is 5.10 Å². The Labute approximate surface area is 107 Å². The van der Waals surface area contributed by atoms with Crippen LogP contribution in [0.1, 0.15) is 16.1 Å². The maximum absolute atomic E-state index is 11.8. The summed E-state index contributed by atoms with van der Waals surface area (Å²) in [5.41, 5.74) is 7.70. The summed E-state index contributed by atoms with van der Waals surface area (Å²) < 4.78 is 1.39. The minimum atomic E-state index is -0.632. The van der Waals surface area contributed by atoms with Crippen molar-refractivity contribution in [2.75, 3.05) is 5.32 Å². The fourth-order valence-corrected chi connectivity index (χ4v) is 1.99. The molecule has 2 amide bonds. The smallest absolute Gasteiger partial charge is 0.254 e. The van der Waals surface area contributed by atoms with Crippen LogP contribution in [0, 0.1) is 0 Å². The number of aromatic nitrogens is 3. The van der Waals surface area contributed by atoms with Gasteiger partial charge in [0.25, 0.3) is 5.91 Å². The maximum Gasteiger partial charge on any atom is 0.254 e. The Balaban J connectivity index is 2.11. The Bertz CT molecular complexity index is 575. The van der Waals surface area contributed by atoms with Crippen LogP contribution in [0.15, 0.2) is 17.1 Å². The molecule has 18 heavy (non-hydrogen) atoms. The molecule has 2 aromatic rings. The van der Waals surface area contributed by atoms with E-state index in [1.54, 1.807) is 17.9 Å². The molecule has 0 radical (unpaired) electrons. The summed E-state index contributed by atoms with van der Waals surface area (Å²) in [5, 5.41) is 8.27. The van der Waals surface area contributed by atoms with Crippen LogP contribution >= 0.6 is 11.3 Å². The number of anilines is 1. The van der Waals surface area contributed by atoms with Crippen molar-refractivity contribution in [2.24, 2.45) is 12.8 Å². The second kappa shape index (κ2) is 4.96. The van der Waals surface area contributed by atoms with Crippen molar-refractivity contribution in [1.82, 2.24) is 14.8 Å². The molecule has 0 saturated heterocycles. The summed E-state index contributed by atoms with van der Waals surface area (Å²) in [6.07, 6.45) is 1.47. The molecule has 0 bridgehead atoms. The number of rotatable bonds is 4. The van der Waals surface area contributed by atoms with Gasteiger partial charge in [0, 0.05) is 12.4 Å². The lowest BCUT2D eigenvalue weighted by Gasteiger charge is -2.06. The topological polar surface area (TPSA) is 103 Å². The van der Waals surface area contributed by atoms with E-state index in [0.29, 0.717) is 11.5 Å². The van der Waals surface area contributed by atoms with Crippen molar-refractivity contribution < 1.29 is 9.59 Å².